The van der Waals surface area contributed by atoms with Gasteiger partial charge in [0.2, 0.25) is 0 Å². The number of esters is 1. The zero-order valence-corrected chi connectivity index (χ0v) is 21.2. The average Bonchev–Trinajstić information content (AvgIpc) is 3.58. The Balaban J connectivity index is 1.33. The van der Waals surface area contributed by atoms with Crippen LogP contribution in [0.1, 0.15) is 51.0 Å². The van der Waals surface area contributed by atoms with Crippen LogP contribution in [0.15, 0.2) is 54.6 Å². The van der Waals surface area contributed by atoms with Crippen LogP contribution in [-0.2, 0) is 15.1 Å². The molecule has 2 fully saturated rings. The number of rotatable bonds is 11. The summed E-state index contributed by atoms with van der Waals surface area (Å²) < 4.78 is 18.1. The molecule has 1 saturated carbocycles. The monoisotopic (exact) mass is 482 g/mol. The van der Waals surface area contributed by atoms with Crippen LogP contribution in [0.4, 0.5) is 0 Å². The molecule has 35 heavy (non-hydrogen) atoms. The summed E-state index contributed by atoms with van der Waals surface area (Å²) in [6.07, 6.45) is 5.39. The topological polar surface area (TPSA) is 65.0 Å². The minimum Gasteiger partial charge on any atom is -0.497 e. The van der Waals surface area contributed by atoms with Crippen LogP contribution in [0.2, 0.25) is 0 Å². The zero-order chi connectivity index (χ0) is 24.7. The highest BCUT2D eigenvalue weighted by Crippen LogP contribution is 2.42. The number of nitrogens with zero attached hydrogens (tertiary/aromatic N) is 1. The first-order valence-electron chi connectivity index (χ1n) is 13.1. The molecular weight excluding hydrogens is 442 g/mol. The Bertz CT molecular complexity index is 943. The molecule has 1 aliphatic heterocycles. The number of quaternary nitrogens is 1. The maximum absolute atomic E-state index is 13.5. The minimum atomic E-state index is -1.56. The number of aliphatic hydroxyl groups is 1. The van der Waals surface area contributed by atoms with Crippen molar-refractivity contribution in [2.24, 2.45) is 5.92 Å². The highest BCUT2D eigenvalue weighted by atomic mass is 16.6. The van der Waals surface area contributed by atoms with Gasteiger partial charge in [0.05, 0.1) is 33.4 Å². The van der Waals surface area contributed by atoms with E-state index in [1.54, 1.807) is 7.11 Å². The van der Waals surface area contributed by atoms with E-state index in [1.165, 1.54) is 0 Å². The first kappa shape index (κ1) is 25.5. The summed E-state index contributed by atoms with van der Waals surface area (Å²) in [5.74, 6) is 1.10. The summed E-state index contributed by atoms with van der Waals surface area (Å²) in [6.45, 7) is 6.58. The van der Waals surface area contributed by atoms with E-state index in [4.69, 9.17) is 14.2 Å². The third kappa shape index (κ3) is 5.81. The fraction of sp³-hybridized carbons (Fsp3) is 0.552. The van der Waals surface area contributed by atoms with Gasteiger partial charge in [-0.05, 0) is 49.6 Å². The molecule has 0 bridgehead atoms. The van der Waals surface area contributed by atoms with Gasteiger partial charge in [0.15, 0.2) is 11.7 Å². The van der Waals surface area contributed by atoms with Gasteiger partial charge in [0, 0.05) is 18.8 Å². The highest BCUT2D eigenvalue weighted by Gasteiger charge is 2.50. The fourth-order valence-corrected chi connectivity index (χ4v) is 5.84. The third-order valence-corrected chi connectivity index (χ3v) is 8.04. The lowest BCUT2D eigenvalue weighted by Crippen LogP contribution is -2.49. The van der Waals surface area contributed by atoms with Crippen molar-refractivity contribution in [1.29, 1.82) is 0 Å². The van der Waals surface area contributed by atoms with Gasteiger partial charge >= 0.3 is 5.97 Å². The third-order valence-electron chi connectivity index (χ3n) is 8.04. The molecular formula is C29H40NO5+. The van der Waals surface area contributed by atoms with Crippen molar-refractivity contribution in [2.75, 3.05) is 39.9 Å². The van der Waals surface area contributed by atoms with Gasteiger partial charge in [0.1, 0.15) is 18.0 Å². The summed E-state index contributed by atoms with van der Waals surface area (Å²) >= 11 is 0. The predicted octanol–water partition coefficient (Wildman–Crippen LogP) is 4.69. The molecule has 0 amide bonds. The van der Waals surface area contributed by atoms with Crippen LogP contribution in [0.25, 0.3) is 0 Å². The second kappa shape index (κ2) is 11.4. The fourth-order valence-electron chi connectivity index (χ4n) is 5.84. The molecule has 2 aromatic carbocycles. The number of methoxy groups -OCH3 is 1. The number of carbonyl (C=O) groups excluding carboxylic acids is 1. The van der Waals surface area contributed by atoms with Crippen molar-refractivity contribution >= 4 is 5.97 Å². The zero-order valence-electron chi connectivity index (χ0n) is 21.2. The molecule has 0 spiro atoms. The smallest absolute Gasteiger partial charge is 0.343 e. The first-order valence-corrected chi connectivity index (χ1v) is 13.1. The van der Waals surface area contributed by atoms with E-state index in [0.29, 0.717) is 12.2 Å². The van der Waals surface area contributed by atoms with Gasteiger partial charge in [-0.25, -0.2) is 4.79 Å². The second-order valence-electron chi connectivity index (χ2n) is 10.1. The van der Waals surface area contributed by atoms with Gasteiger partial charge in [-0.1, -0.05) is 43.2 Å². The first-order chi connectivity index (χ1) is 17.0. The van der Waals surface area contributed by atoms with Crippen LogP contribution in [0.5, 0.6) is 11.5 Å². The van der Waals surface area contributed by atoms with Crippen molar-refractivity contribution in [2.45, 2.75) is 57.2 Å². The quantitative estimate of drug-likeness (QED) is 0.286. The predicted molar refractivity (Wildman–Crippen MR) is 135 cm³/mol. The number of hydrogen-bond donors (Lipinski definition) is 1. The van der Waals surface area contributed by atoms with E-state index in [9.17, 15) is 9.90 Å². The van der Waals surface area contributed by atoms with Gasteiger partial charge < -0.3 is 23.8 Å². The van der Waals surface area contributed by atoms with E-state index < -0.39 is 11.6 Å². The lowest BCUT2D eigenvalue weighted by atomic mass is 9.80. The largest absolute Gasteiger partial charge is 0.497 e. The molecule has 1 saturated heterocycles. The Kier molecular flexibility index (Phi) is 8.34. The molecule has 3 atom stereocenters. The van der Waals surface area contributed by atoms with Crippen molar-refractivity contribution < 1.29 is 28.6 Å². The standard InChI is InChI=1S/C29H40NO5/c1-3-30(19-9-21-34-26-16-14-25(33-2)15-17-26)20-18-27(22-30)35-28(31)29(32,24-12-7-8-13-24)23-10-5-4-6-11-23/h4-6,10-11,14-17,24,27,32H,3,7-9,12-13,18-22H2,1-2H3/q+1/t27?,29-,30?/m0/s1. The van der Waals surface area contributed by atoms with E-state index in [1.807, 2.05) is 54.6 Å². The molecule has 1 heterocycles. The normalized spacial score (nSPS) is 24.1. The van der Waals surface area contributed by atoms with Crippen LogP contribution in [0.3, 0.4) is 0 Å². The summed E-state index contributed by atoms with van der Waals surface area (Å²) in [4.78, 5) is 13.5. The van der Waals surface area contributed by atoms with Crippen LogP contribution in [-0.4, -0.2) is 61.6 Å². The lowest BCUT2D eigenvalue weighted by molar-refractivity contribution is -0.916. The molecule has 190 valence electrons. The summed E-state index contributed by atoms with van der Waals surface area (Å²) in [5, 5.41) is 11.7. The van der Waals surface area contributed by atoms with Crippen LogP contribution < -0.4 is 9.47 Å². The Morgan fingerprint density at radius 3 is 2.37 bits per heavy atom. The Morgan fingerprint density at radius 1 is 1.03 bits per heavy atom. The van der Waals surface area contributed by atoms with E-state index >= 15 is 0 Å². The molecule has 6 heteroatoms. The SMILES string of the molecule is CC[N+]1(CCCOc2ccc(OC)cc2)CCC(OC(=O)[C@](O)(c2ccccc2)C2CCCC2)C1. The number of benzene rings is 2. The molecule has 4 rings (SSSR count). The van der Waals surface area contributed by atoms with Gasteiger partial charge in [-0.2, -0.15) is 0 Å². The van der Waals surface area contributed by atoms with Crippen molar-refractivity contribution in [3.8, 4) is 11.5 Å². The summed E-state index contributed by atoms with van der Waals surface area (Å²) in [5.41, 5.74) is -0.907. The Hall–Kier alpha value is -2.57. The maximum atomic E-state index is 13.5. The summed E-state index contributed by atoms with van der Waals surface area (Å²) in [6, 6.07) is 17.0. The van der Waals surface area contributed by atoms with Crippen molar-refractivity contribution in [3.05, 3.63) is 60.2 Å². The number of likely N-dealkylation sites (N-methyl/N-ethyl adjacent to an activating group) is 1. The Morgan fingerprint density at radius 2 is 1.71 bits per heavy atom. The van der Waals surface area contributed by atoms with Gasteiger partial charge in [-0.3, -0.25) is 0 Å². The van der Waals surface area contributed by atoms with Crippen LogP contribution >= 0.6 is 0 Å². The number of hydrogen-bond acceptors (Lipinski definition) is 5. The average molecular weight is 483 g/mol. The number of ether oxygens (including phenoxy) is 3. The molecule has 1 N–H and O–H groups in total. The van der Waals surface area contributed by atoms with Crippen LogP contribution in [0, 0.1) is 5.92 Å². The van der Waals surface area contributed by atoms with Crippen molar-refractivity contribution in [1.82, 2.24) is 0 Å². The Labute approximate surface area is 209 Å². The second-order valence-corrected chi connectivity index (χ2v) is 10.1. The molecule has 1 aliphatic carbocycles. The molecule has 2 aromatic rings. The van der Waals surface area contributed by atoms with E-state index in [0.717, 1.165) is 80.7 Å². The molecule has 0 radical (unpaired) electrons. The van der Waals surface area contributed by atoms with Gasteiger partial charge in [-0.15, -0.1) is 0 Å². The molecule has 2 unspecified atom stereocenters. The van der Waals surface area contributed by atoms with E-state index in [2.05, 4.69) is 6.92 Å². The summed E-state index contributed by atoms with van der Waals surface area (Å²) in [7, 11) is 1.65. The van der Waals surface area contributed by atoms with Gasteiger partial charge in [0.25, 0.3) is 0 Å². The number of likely N-dealkylation sites (tertiary alicyclic amines) is 1. The molecule has 0 aromatic heterocycles. The molecule has 6 nitrogen and oxygen atoms in total. The lowest BCUT2D eigenvalue weighted by Gasteiger charge is -2.35. The maximum Gasteiger partial charge on any atom is 0.343 e. The molecule has 2 aliphatic rings. The number of carbonyl (C=O) groups is 1. The highest BCUT2D eigenvalue weighted by molar-refractivity contribution is 5.81. The van der Waals surface area contributed by atoms with Crippen molar-refractivity contribution in [3.63, 3.8) is 0 Å². The minimum absolute atomic E-state index is 0.0840. The van der Waals surface area contributed by atoms with E-state index in [-0.39, 0.29) is 12.0 Å².